The molecule has 33 heavy (non-hydrogen) atoms. The van der Waals surface area contributed by atoms with Crippen molar-refractivity contribution in [3.8, 4) is 16.9 Å². The maximum Gasteiger partial charge on any atom is 0.482 e. The molecule has 0 saturated heterocycles. The lowest BCUT2D eigenvalue weighted by Crippen LogP contribution is -2.51. The zero-order chi connectivity index (χ0) is 25.0. The van der Waals surface area contributed by atoms with E-state index in [9.17, 15) is 49.8 Å². The highest BCUT2D eigenvalue weighted by molar-refractivity contribution is 6.01. The quantitative estimate of drug-likeness (QED) is 0.369. The molecule has 0 aromatic heterocycles. The molecule has 0 spiro atoms. The number of hydrogen-bond acceptors (Lipinski definition) is 3. The van der Waals surface area contributed by atoms with Crippen molar-refractivity contribution in [1.29, 1.82) is 0 Å². The fraction of sp³-hybridized carbons (Fsp3) is 0.300. The van der Waals surface area contributed by atoms with Crippen LogP contribution < -0.4 is 9.64 Å². The van der Waals surface area contributed by atoms with E-state index in [2.05, 4.69) is 4.74 Å². The third-order valence-electron chi connectivity index (χ3n) is 5.09. The lowest BCUT2D eigenvalue weighted by atomic mass is 9.89. The van der Waals surface area contributed by atoms with Crippen LogP contribution in [-0.4, -0.2) is 29.6 Å². The minimum atomic E-state index is -4.50. The second kappa shape index (κ2) is 7.89. The maximum atomic E-state index is 14.6. The SMILES string of the molecule is CC(C)(CCN1C(=O)C(F)(F)Oc2cc(F)c(-c3c(F)c(F)c(F)c(F)c3F)cc21)C(=O)O. The Bertz CT molecular complexity index is 1150. The molecule has 0 bridgehead atoms. The summed E-state index contributed by atoms with van der Waals surface area (Å²) in [6.07, 6.45) is -4.91. The smallest absolute Gasteiger partial charge is 0.481 e. The zero-order valence-corrected chi connectivity index (χ0v) is 16.7. The number of hydrogen-bond donors (Lipinski definition) is 1. The molecule has 1 N–H and O–H groups in total. The first-order chi connectivity index (χ1) is 15.1. The first-order valence-electron chi connectivity index (χ1n) is 9.07. The number of carbonyl (C=O) groups excluding carboxylic acids is 1. The predicted molar refractivity (Wildman–Crippen MR) is 95.6 cm³/mol. The Balaban J connectivity index is 2.21. The van der Waals surface area contributed by atoms with Crippen LogP contribution in [0.4, 0.5) is 40.8 Å². The number of benzene rings is 2. The van der Waals surface area contributed by atoms with Crippen molar-refractivity contribution in [1.82, 2.24) is 0 Å². The molecule has 1 aliphatic heterocycles. The van der Waals surface area contributed by atoms with E-state index in [0.717, 1.165) is 0 Å². The molecule has 0 radical (unpaired) electrons. The second-order valence-electron chi connectivity index (χ2n) is 7.76. The number of carbonyl (C=O) groups is 2. The molecule has 1 aliphatic rings. The lowest BCUT2D eigenvalue weighted by Gasteiger charge is -2.35. The van der Waals surface area contributed by atoms with Crippen molar-refractivity contribution in [2.75, 3.05) is 11.4 Å². The molecule has 13 heteroatoms. The van der Waals surface area contributed by atoms with Crippen molar-refractivity contribution in [2.24, 2.45) is 5.41 Å². The molecular formula is C20H13F8NO4. The summed E-state index contributed by atoms with van der Waals surface area (Å²) < 4.78 is 116. The number of fused-ring (bicyclic) bond motifs is 1. The van der Waals surface area contributed by atoms with Gasteiger partial charge in [0.1, 0.15) is 5.82 Å². The Labute approximate surface area is 180 Å². The largest absolute Gasteiger partial charge is 0.482 e. The number of nitrogens with zero attached hydrogens (tertiary/aromatic N) is 1. The van der Waals surface area contributed by atoms with E-state index in [1.807, 2.05) is 0 Å². The van der Waals surface area contributed by atoms with E-state index in [0.29, 0.717) is 11.0 Å². The number of carboxylic acids is 1. The van der Waals surface area contributed by atoms with Gasteiger partial charge in [-0.2, -0.15) is 8.78 Å². The number of ether oxygens (including phenoxy) is 1. The monoisotopic (exact) mass is 483 g/mol. The summed E-state index contributed by atoms with van der Waals surface area (Å²) in [5.74, 6) is -18.0. The highest BCUT2D eigenvalue weighted by atomic mass is 19.3. The van der Waals surface area contributed by atoms with Crippen LogP contribution in [0.3, 0.4) is 0 Å². The van der Waals surface area contributed by atoms with Gasteiger partial charge < -0.3 is 14.7 Å². The van der Waals surface area contributed by atoms with Gasteiger partial charge in [0.25, 0.3) is 0 Å². The Morgan fingerprint density at radius 3 is 2.03 bits per heavy atom. The van der Waals surface area contributed by atoms with Gasteiger partial charge in [0.2, 0.25) is 5.82 Å². The number of aliphatic carboxylic acids is 1. The summed E-state index contributed by atoms with van der Waals surface area (Å²) in [6, 6.07) is 0.599. The van der Waals surface area contributed by atoms with Gasteiger partial charge in [0, 0.05) is 18.2 Å². The molecule has 1 heterocycles. The molecular weight excluding hydrogens is 470 g/mol. The summed E-state index contributed by atoms with van der Waals surface area (Å²) in [7, 11) is 0. The van der Waals surface area contributed by atoms with Gasteiger partial charge in [-0.05, 0) is 26.3 Å². The minimum absolute atomic E-state index is 0.193. The second-order valence-corrected chi connectivity index (χ2v) is 7.76. The molecule has 0 fully saturated rings. The summed E-state index contributed by atoms with van der Waals surface area (Å²) >= 11 is 0. The summed E-state index contributed by atoms with van der Waals surface area (Å²) in [5.41, 5.74) is -5.13. The average Bonchev–Trinajstić information content (AvgIpc) is 2.72. The number of carboxylic acid groups (broad SMARTS) is 1. The molecule has 0 aliphatic carbocycles. The summed E-state index contributed by atoms with van der Waals surface area (Å²) in [4.78, 5) is 23.8. The third-order valence-corrected chi connectivity index (χ3v) is 5.09. The fourth-order valence-electron chi connectivity index (χ4n) is 3.04. The van der Waals surface area contributed by atoms with Crippen molar-refractivity contribution in [2.45, 2.75) is 26.4 Å². The van der Waals surface area contributed by atoms with Crippen molar-refractivity contribution < 1.29 is 54.6 Å². The molecule has 2 aromatic carbocycles. The Morgan fingerprint density at radius 2 is 1.52 bits per heavy atom. The van der Waals surface area contributed by atoms with Gasteiger partial charge in [-0.25, -0.2) is 26.3 Å². The molecule has 3 rings (SSSR count). The van der Waals surface area contributed by atoms with Crippen LogP contribution in [0, 0.1) is 40.3 Å². The Morgan fingerprint density at radius 1 is 1.00 bits per heavy atom. The molecule has 178 valence electrons. The van der Waals surface area contributed by atoms with Crippen molar-refractivity contribution in [3.05, 3.63) is 47.0 Å². The standard InChI is InChI=1S/C20H13F8NO4/c1-19(2,18(31)32)3-4-29-9-5-7(8(21)6-10(9)33-20(27,28)17(29)30)11-12(22)14(24)16(26)15(25)13(11)23/h5-6H,3-4H2,1-2H3,(H,31,32). The van der Waals surface area contributed by atoms with E-state index in [4.69, 9.17) is 0 Å². The van der Waals surface area contributed by atoms with E-state index < -0.39 is 93.8 Å². The third kappa shape index (κ3) is 3.95. The van der Waals surface area contributed by atoms with Gasteiger partial charge in [-0.3, -0.25) is 9.59 Å². The fourth-order valence-corrected chi connectivity index (χ4v) is 3.04. The van der Waals surface area contributed by atoms with Crippen molar-refractivity contribution >= 4 is 17.6 Å². The number of alkyl halides is 2. The Hall–Kier alpha value is -3.38. The van der Waals surface area contributed by atoms with Crippen LogP contribution in [0.5, 0.6) is 5.75 Å². The van der Waals surface area contributed by atoms with E-state index >= 15 is 0 Å². The summed E-state index contributed by atoms with van der Waals surface area (Å²) in [6.45, 7) is 1.76. The van der Waals surface area contributed by atoms with Crippen LogP contribution in [0.25, 0.3) is 11.1 Å². The van der Waals surface area contributed by atoms with Crippen LogP contribution in [-0.2, 0) is 9.59 Å². The average molecular weight is 483 g/mol. The van der Waals surface area contributed by atoms with Crippen molar-refractivity contribution in [3.63, 3.8) is 0 Å². The van der Waals surface area contributed by atoms with Crippen LogP contribution in [0.2, 0.25) is 0 Å². The van der Waals surface area contributed by atoms with Gasteiger partial charge in [-0.1, -0.05) is 0 Å². The number of anilines is 1. The predicted octanol–water partition coefficient (Wildman–Crippen LogP) is 5.01. The van der Waals surface area contributed by atoms with Crippen LogP contribution in [0.15, 0.2) is 12.1 Å². The highest BCUT2D eigenvalue weighted by Crippen LogP contribution is 2.44. The number of rotatable bonds is 5. The van der Waals surface area contributed by atoms with Crippen LogP contribution >= 0.6 is 0 Å². The van der Waals surface area contributed by atoms with Gasteiger partial charge in [0.05, 0.1) is 16.7 Å². The van der Waals surface area contributed by atoms with Gasteiger partial charge in [0.15, 0.2) is 29.0 Å². The normalized spacial score (nSPS) is 15.3. The Kier molecular flexibility index (Phi) is 5.80. The maximum absolute atomic E-state index is 14.6. The number of amides is 1. The van der Waals surface area contributed by atoms with E-state index in [1.165, 1.54) is 13.8 Å². The van der Waals surface area contributed by atoms with Gasteiger partial charge >= 0.3 is 18.0 Å². The molecule has 0 atom stereocenters. The molecule has 0 unspecified atom stereocenters. The zero-order valence-electron chi connectivity index (χ0n) is 16.7. The molecule has 1 amide bonds. The lowest BCUT2D eigenvalue weighted by molar-refractivity contribution is -0.193. The van der Waals surface area contributed by atoms with E-state index in [1.54, 1.807) is 0 Å². The number of halogens is 8. The minimum Gasteiger partial charge on any atom is -0.481 e. The topological polar surface area (TPSA) is 66.8 Å². The highest BCUT2D eigenvalue weighted by Gasteiger charge is 2.51. The molecule has 2 aromatic rings. The summed E-state index contributed by atoms with van der Waals surface area (Å²) in [5, 5.41) is 9.19. The van der Waals surface area contributed by atoms with E-state index in [-0.39, 0.29) is 6.07 Å². The molecule has 0 saturated carbocycles. The van der Waals surface area contributed by atoms with Gasteiger partial charge in [-0.15, -0.1) is 0 Å². The van der Waals surface area contributed by atoms with Crippen LogP contribution in [0.1, 0.15) is 20.3 Å². The first-order valence-corrected chi connectivity index (χ1v) is 9.07. The first kappa shape index (κ1) is 24.3. The molecule has 5 nitrogen and oxygen atoms in total.